The minimum Gasteiger partial charge on any atom is -0.399 e. The third kappa shape index (κ3) is 3.23. The number of alkyl halides is 3. The molecule has 28 heavy (non-hydrogen) atoms. The maximum Gasteiger partial charge on any atom is 0.495 e. The molecule has 1 atom stereocenters. The Hall–Kier alpha value is -1.58. The van der Waals surface area contributed by atoms with E-state index >= 15 is 0 Å². The first-order chi connectivity index (χ1) is 13.0. The summed E-state index contributed by atoms with van der Waals surface area (Å²) in [6.07, 6.45) is -0.652. The van der Waals surface area contributed by atoms with Crippen molar-refractivity contribution in [3.8, 4) is 0 Å². The van der Waals surface area contributed by atoms with Crippen molar-refractivity contribution >= 4 is 23.5 Å². The Morgan fingerprint density at radius 2 is 1.79 bits per heavy atom. The molecule has 9 heteroatoms. The first kappa shape index (κ1) is 19.7. The molecular weight excluding hydrogens is 372 g/mol. The van der Waals surface area contributed by atoms with Crippen molar-refractivity contribution in [1.29, 1.82) is 0 Å². The highest BCUT2D eigenvalue weighted by Gasteiger charge is 2.52. The van der Waals surface area contributed by atoms with E-state index in [1.165, 1.54) is 0 Å². The van der Waals surface area contributed by atoms with Crippen molar-refractivity contribution in [1.82, 2.24) is 9.78 Å². The molecule has 1 aromatic heterocycles. The lowest BCUT2D eigenvalue weighted by molar-refractivity contribution is -0.137. The Morgan fingerprint density at radius 3 is 2.36 bits per heavy atom. The van der Waals surface area contributed by atoms with Gasteiger partial charge in [0.2, 0.25) is 0 Å². The van der Waals surface area contributed by atoms with Gasteiger partial charge in [0.15, 0.2) is 6.23 Å². The van der Waals surface area contributed by atoms with Crippen LogP contribution in [0.4, 0.5) is 13.2 Å². The van der Waals surface area contributed by atoms with Crippen LogP contribution in [0.2, 0.25) is 0 Å². The number of benzene rings is 1. The van der Waals surface area contributed by atoms with Crippen molar-refractivity contribution in [2.75, 3.05) is 6.61 Å². The van der Waals surface area contributed by atoms with E-state index in [0.717, 1.165) is 31.4 Å². The molecule has 5 nitrogen and oxygen atoms in total. The van der Waals surface area contributed by atoms with Crippen LogP contribution in [0.1, 0.15) is 58.7 Å². The zero-order chi connectivity index (χ0) is 20.3. The molecule has 152 valence electrons. The van der Waals surface area contributed by atoms with Crippen LogP contribution in [0.3, 0.4) is 0 Å². The van der Waals surface area contributed by atoms with E-state index in [1.807, 2.05) is 27.7 Å². The maximum absolute atomic E-state index is 13.6. The third-order valence-corrected chi connectivity index (χ3v) is 6.01. The monoisotopic (exact) mass is 396 g/mol. The van der Waals surface area contributed by atoms with Crippen molar-refractivity contribution in [2.24, 2.45) is 0 Å². The van der Waals surface area contributed by atoms with Crippen molar-refractivity contribution < 1.29 is 27.2 Å². The summed E-state index contributed by atoms with van der Waals surface area (Å²) in [6.45, 7) is 8.07. The van der Waals surface area contributed by atoms with Gasteiger partial charge in [0.05, 0.1) is 28.5 Å². The Morgan fingerprint density at radius 1 is 1.11 bits per heavy atom. The second-order valence-electron chi connectivity index (χ2n) is 8.49. The van der Waals surface area contributed by atoms with E-state index in [0.29, 0.717) is 23.0 Å². The summed E-state index contributed by atoms with van der Waals surface area (Å²) in [6, 6.07) is 2.24. The normalized spacial score (nSPS) is 24.8. The molecule has 0 spiro atoms. The number of rotatable bonds is 2. The number of halogens is 3. The SMILES string of the molecule is CC1(C)OB(c2cc(C(F)(F)F)cc3c2cnn3[C@H]2CCCCO2)OC1(C)C. The molecule has 0 amide bonds. The first-order valence-corrected chi connectivity index (χ1v) is 9.55. The van der Waals surface area contributed by atoms with Gasteiger partial charge in [-0.05, 0) is 64.6 Å². The molecular formula is C19H24BF3N2O3. The highest BCUT2D eigenvalue weighted by molar-refractivity contribution is 6.65. The Kier molecular flexibility index (Phi) is 4.56. The third-order valence-electron chi connectivity index (χ3n) is 6.01. The zero-order valence-electron chi connectivity index (χ0n) is 16.5. The second kappa shape index (κ2) is 6.47. The topological polar surface area (TPSA) is 45.5 Å². The Balaban J connectivity index is 1.85. The molecule has 1 aromatic carbocycles. The number of aromatic nitrogens is 2. The minimum atomic E-state index is -4.49. The molecule has 0 saturated carbocycles. The second-order valence-corrected chi connectivity index (χ2v) is 8.49. The molecule has 0 radical (unpaired) electrons. The summed E-state index contributed by atoms with van der Waals surface area (Å²) in [7, 11) is -0.903. The van der Waals surface area contributed by atoms with Gasteiger partial charge in [0.25, 0.3) is 0 Å². The van der Waals surface area contributed by atoms with Crippen LogP contribution in [-0.2, 0) is 20.2 Å². The predicted molar refractivity (Wildman–Crippen MR) is 99.3 cm³/mol. The van der Waals surface area contributed by atoms with Crippen LogP contribution in [0.15, 0.2) is 18.3 Å². The summed E-state index contributed by atoms with van der Waals surface area (Å²) in [5.74, 6) is 0. The molecule has 0 aliphatic carbocycles. The van der Waals surface area contributed by atoms with Crippen LogP contribution >= 0.6 is 0 Å². The van der Waals surface area contributed by atoms with Crippen LogP contribution in [0.5, 0.6) is 0 Å². The average Bonchev–Trinajstić information content (AvgIpc) is 3.12. The lowest BCUT2D eigenvalue weighted by atomic mass is 9.76. The molecule has 3 heterocycles. The van der Waals surface area contributed by atoms with Gasteiger partial charge in [-0.3, -0.25) is 0 Å². The highest BCUT2D eigenvalue weighted by Crippen LogP contribution is 2.38. The molecule has 2 aliphatic heterocycles. The molecule has 4 rings (SSSR count). The summed E-state index contributed by atoms with van der Waals surface area (Å²) in [4.78, 5) is 0. The van der Waals surface area contributed by atoms with E-state index in [9.17, 15) is 13.2 Å². The van der Waals surface area contributed by atoms with Gasteiger partial charge >= 0.3 is 13.3 Å². The first-order valence-electron chi connectivity index (χ1n) is 9.55. The fourth-order valence-electron chi connectivity index (χ4n) is 3.65. The molecule has 2 saturated heterocycles. The van der Waals surface area contributed by atoms with Gasteiger partial charge in [-0.15, -0.1) is 0 Å². The van der Waals surface area contributed by atoms with Gasteiger partial charge in [-0.25, -0.2) is 4.68 Å². The van der Waals surface area contributed by atoms with E-state index in [1.54, 1.807) is 10.9 Å². The largest absolute Gasteiger partial charge is 0.495 e. The molecule has 0 bridgehead atoms. The van der Waals surface area contributed by atoms with Crippen molar-refractivity contribution in [2.45, 2.75) is 70.6 Å². The molecule has 2 fully saturated rings. The Bertz CT molecular complexity index is 872. The standard InChI is InChI=1S/C19H24BF3N2O3/c1-17(2)18(3,4)28-20(27-17)14-9-12(19(21,22)23)10-15-13(14)11-24-25(15)16-7-5-6-8-26-16/h9-11,16H,5-8H2,1-4H3/t16-/m1/s1. The number of fused-ring (bicyclic) bond motifs is 1. The van der Waals surface area contributed by atoms with Crippen LogP contribution in [0.25, 0.3) is 10.9 Å². The van der Waals surface area contributed by atoms with Crippen LogP contribution in [0, 0.1) is 0 Å². The fourth-order valence-corrected chi connectivity index (χ4v) is 3.65. The Labute approximate surface area is 162 Å². The van der Waals surface area contributed by atoms with Gasteiger partial charge in [0, 0.05) is 12.0 Å². The van der Waals surface area contributed by atoms with Gasteiger partial charge in [0.1, 0.15) is 0 Å². The molecule has 2 aromatic rings. The molecule has 0 N–H and O–H groups in total. The van der Waals surface area contributed by atoms with Gasteiger partial charge < -0.3 is 14.0 Å². The lowest BCUT2D eigenvalue weighted by Gasteiger charge is -2.32. The quantitative estimate of drug-likeness (QED) is 0.719. The maximum atomic E-state index is 13.6. The number of hydrogen-bond acceptors (Lipinski definition) is 4. The number of ether oxygens (including phenoxy) is 1. The van der Waals surface area contributed by atoms with Crippen molar-refractivity contribution in [3.05, 3.63) is 23.9 Å². The predicted octanol–water partition coefficient (Wildman–Crippen LogP) is 4.05. The van der Waals surface area contributed by atoms with E-state index in [-0.39, 0.29) is 6.23 Å². The fraction of sp³-hybridized carbons (Fsp3) is 0.632. The minimum absolute atomic E-state index is 0.338. The van der Waals surface area contributed by atoms with Crippen LogP contribution in [-0.4, -0.2) is 34.7 Å². The lowest BCUT2D eigenvalue weighted by Crippen LogP contribution is -2.41. The summed E-state index contributed by atoms with van der Waals surface area (Å²) in [5, 5.41) is 4.94. The van der Waals surface area contributed by atoms with E-state index in [2.05, 4.69) is 5.10 Å². The summed E-state index contributed by atoms with van der Waals surface area (Å²) in [5.41, 5.74) is -1.33. The zero-order valence-corrected chi connectivity index (χ0v) is 16.5. The summed E-state index contributed by atoms with van der Waals surface area (Å²) >= 11 is 0. The molecule has 2 aliphatic rings. The van der Waals surface area contributed by atoms with Gasteiger partial charge in [-0.2, -0.15) is 18.3 Å². The van der Waals surface area contributed by atoms with Gasteiger partial charge in [-0.1, -0.05) is 0 Å². The number of hydrogen-bond donors (Lipinski definition) is 0. The van der Waals surface area contributed by atoms with Crippen molar-refractivity contribution in [3.63, 3.8) is 0 Å². The van der Waals surface area contributed by atoms with E-state index < -0.39 is 30.1 Å². The highest BCUT2D eigenvalue weighted by atomic mass is 19.4. The summed E-state index contributed by atoms with van der Waals surface area (Å²) < 4.78 is 60.2. The molecule has 0 unspecified atom stereocenters. The average molecular weight is 396 g/mol. The number of nitrogens with zero attached hydrogens (tertiary/aromatic N) is 2. The smallest absolute Gasteiger partial charge is 0.399 e. The van der Waals surface area contributed by atoms with E-state index in [4.69, 9.17) is 14.0 Å². The van der Waals surface area contributed by atoms with Crippen LogP contribution < -0.4 is 5.46 Å².